The summed E-state index contributed by atoms with van der Waals surface area (Å²) >= 11 is 0. The first-order valence-electron chi connectivity index (χ1n) is 4.28. The second-order valence-electron chi connectivity index (χ2n) is 2.96. The van der Waals surface area contributed by atoms with Gasteiger partial charge in [0.25, 0.3) is 0 Å². The van der Waals surface area contributed by atoms with Crippen molar-refractivity contribution in [3.05, 3.63) is 36.4 Å². The Morgan fingerprint density at radius 2 is 2.13 bits per heavy atom. The number of halogens is 1. The van der Waals surface area contributed by atoms with Gasteiger partial charge in [0.2, 0.25) is 0 Å². The molecule has 2 aromatic rings. The fourth-order valence-corrected chi connectivity index (χ4v) is 1.52. The highest BCUT2D eigenvalue weighted by atomic mass is 79.9. The van der Waals surface area contributed by atoms with Gasteiger partial charge in [0, 0.05) is 6.20 Å². The number of nitrogens with one attached hydrogen (secondary N) is 1. The number of nitrogens with zero attached hydrogens (tertiary/aromatic N) is 2. The van der Waals surface area contributed by atoms with Crippen LogP contribution in [-0.4, -0.2) is 9.97 Å². The Kier molecular flexibility index (Phi) is 2.55. The highest BCUT2D eigenvalue weighted by Gasteiger charge is 2.09. The van der Waals surface area contributed by atoms with Crippen molar-refractivity contribution in [3.8, 4) is 5.75 Å². The minimum Gasteiger partial charge on any atom is -0.382 e. The first-order chi connectivity index (χ1) is 6.95. The lowest BCUT2D eigenvalue weighted by molar-refractivity contribution is 0.248. The number of hydrogen-bond donors (Lipinski definition) is 1. The minimum atomic E-state index is 0. The molecule has 4 nitrogen and oxygen atoms in total. The lowest BCUT2D eigenvalue weighted by Crippen LogP contribution is -2.08. The molecule has 0 atom stereocenters. The summed E-state index contributed by atoms with van der Waals surface area (Å²) in [6.45, 7) is 0. The molecule has 15 heavy (non-hydrogen) atoms. The summed E-state index contributed by atoms with van der Waals surface area (Å²) in [6, 6.07) is 5.73. The van der Waals surface area contributed by atoms with Crippen LogP contribution in [0.25, 0.3) is 17.0 Å². The summed E-state index contributed by atoms with van der Waals surface area (Å²) in [6.07, 6.45) is 5.12. The fourth-order valence-electron chi connectivity index (χ4n) is 1.52. The topological polar surface area (TPSA) is 47.0 Å². The summed E-state index contributed by atoms with van der Waals surface area (Å²) in [5, 5.41) is 0.941. The third kappa shape index (κ3) is 1.55. The van der Waals surface area contributed by atoms with Crippen molar-refractivity contribution in [1.82, 2.24) is 15.4 Å². The molecule has 0 saturated heterocycles. The molecule has 3 rings (SSSR count). The maximum Gasteiger partial charge on any atom is 0.166 e. The van der Waals surface area contributed by atoms with Crippen LogP contribution in [0, 0.1) is 0 Å². The molecule has 0 fully saturated rings. The highest BCUT2D eigenvalue weighted by Crippen LogP contribution is 2.27. The van der Waals surface area contributed by atoms with Gasteiger partial charge in [0.15, 0.2) is 5.75 Å². The van der Waals surface area contributed by atoms with E-state index in [0.29, 0.717) is 0 Å². The van der Waals surface area contributed by atoms with Gasteiger partial charge in [-0.3, -0.25) is 0 Å². The molecule has 1 aromatic carbocycles. The van der Waals surface area contributed by atoms with Gasteiger partial charge < -0.3 is 4.84 Å². The van der Waals surface area contributed by atoms with Crippen LogP contribution in [0.2, 0.25) is 0 Å². The molecule has 0 saturated carbocycles. The summed E-state index contributed by atoms with van der Waals surface area (Å²) in [5.41, 5.74) is 4.47. The van der Waals surface area contributed by atoms with Crippen LogP contribution < -0.4 is 10.3 Å². The first-order valence-corrected chi connectivity index (χ1v) is 4.28. The van der Waals surface area contributed by atoms with Crippen molar-refractivity contribution < 1.29 is 4.84 Å². The Labute approximate surface area is 96.7 Å². The van der Waals surface area contributed by atoms with Gasteiger partial charge in [-0.1, -0.05) is 6.07 Å². The summed E-state index contributed by atoms with van der Waals surface area (Å²) in [7, 11) is 0. The van der Waals surface area contributed by atoms with Crippen LogP contribution >= 0.6 is 17.0 Å². The molecule has 1 N–H and O–H groups in total. The number of benzene rings is 1. The number of hydroxylamine groups is 1. The lowest BCUT2D eigenvalue weighted by atomic mass is 10.1. The largest absolute Gasteiger partial charge is 0.382 e. The van der Waals surface area contributed by atoms with E-state index in [2.05, 4.69) is 15.4 Å². The van der Waals surface area contributed by atoms with E-state index in [1.165, 1.54) is 0 Å². The van der Waals surface area contributed by atoms with E-state index in [1.807, 2.05) is 24.3 Å². The zero-order valence-corrected chi connectivity index (χ0v) is 9.39. The SMILES string of the molecule is Br.C1=Cc2ncnc3cccc(c23)ON1. The van der Waals surface area contributed by atoms with Gasteiger partial charge in [-0.05, 0) is 18.2 Å². The number of rotatable bonds is 0. The molecule has 2 heterocycles. The third-order valence-electron chi connectivity index (χ3n) is 2.13. The average Bonchev–Trinajstić information content (AvgIpc) is 2.44. The second-order valence-corrected chi connectivity index (χ2v) is 2.96. The maximum atomic E-state index is 5.30. The Bertz CT molecular complexity index is 522. The molecule has 1 aliphatic rings. The molecular weight excluding hydrogens is 258 g/mol. The molecule has 0 spiro atoms. The van der Waals surface area contributed by atoms with Crippen LogP contribution in [0.1, 0.15) is 5.69 Å². The summed E-state index contributed by atoms with van der Waals surface area (Å²) < 4.78 is 0. The number of aromatic nitrogens is 2. The van der Waals surface area contributed by atoms with Crippen molar-refractivity contribution in [2.45, 2.75) is 0 Å². The molecule has 1 aromatic heterocycles. The van der Waals surface area contributed by atoms with Crippen LogP contribution in [0.15, 0.2) is 30.7 Å². The van der Waals surface area contributed by atoms with Gasteiger partial charge in [-0.25, -0.2) is 15.4 Å². The summed E-state index contributed by atoms with van der Waals surface area (Å²) in [5.74, 6) is 0.753. The lowest BCUT2D eigenvalue weighted by Gasteiger charge is -2.05. The van der Waals surface area contributed by atoms with E-state index in [-0.39, 0.29) is 17.0 Å². The van der Waals surface area contributed by atoms with Gasteiger partial charge in [0.1, 0.15) is 6.33 Å². The van der Waals surface area contributed by atoms with Gasteiger partial charge >= 0.3 is 0 Å². The van der Waals surface area contributed by atoms with E-state index in [1.54, 1.807) is 12.5 Å². The van der Waals surface area contributed by atoms with Crippen LogP contribution in [0.3, 0.4) is 0 Å². The third-order valence-corrected chi connectivity index (χ3v) is 2.13. The van der Waals surface area contributed by atoms with Crippen LogP contribution in [0.5, 0.6) is 5.75 Å². The maximum absolute atomic E-state index is 5.30. The van der Waals surface area contributed by atoms with E-state index in [0.717, 1.165) is 22.3 Å². The van der Waals surface area contributed by atoms with Crippen LogP contribution in [-0.2, 0) is 0 Å². The number of hydrogen-bond acceptors (Lipinski definition) is 4. The van der Waals surface area contributed by atoms with Crippen LogP contribution in [0.4, 0.5) is 0 Å². The zero-order chi connectivity index (χ0) is 9.38. The predicted octanol–water partition coefficient (Wildman–Crippen LogP) is 2.08. The highest BCUT2D eigenvalue weighted by molar-refractivity contribution is 8.93. The van der Waals surface area contributed by atoms with E-state index in [9.17, 15) is 0 Å². The second kappa shape index (κ2) is 3.86. The Morgan fingerprint density at radius 1 is 1.20 bits per heavy atom. The van der Waals surface area contributed by atoms with Gasteiger partial charge in [-0.2, -0.15) is 0 Å². The molecule has 0 unspecified atom stereocenters. The summed E-state index contributed by atoms with van der Waals surface area (Å²) in [4.78, 5) is 13.7. The average molecular weight is 266 g/mol. The van der Waals surface area contributed by atoms with Gasteiger partial charge in [0.05, 0.1) is 16.6 Å². The monoisotopic (exact) mass is 265 g/mol. The Hall–Kier alpha value is -1.62. The predicted molar refractivity (Wildman–Crippen MR) is 62.7 cm³/mol. The van der Waals surface area contributed by atoms with E-state index >= 15 is 0 Å². The Morgan fingerprint density at radius 3 is 3.07 bits per heavy atom. The van der Waals surface area contributed by atoms with Crippen molar-refractivity contribution in [1.29, 1.82) is 0 Å². The standard InChI is InChI=1S/C10H7N3O.BrH/c1-2-7-10-8(12-6-11-7)4-5-13-14-9(10)3-1;/h1-6,13H;1H. The Balaban J connectivity index is 0.000000853. The molecule has 1 aliphatic heterocycles. The molecule has 5 heteroatoms. The first kappa shape index (κ1) is 9.92. The normalized spacial score (nSPS) is 12.3. The van der Waals surface area contributed by atoms with Crippen molar-refractivity contribution >= 4 is 34.0 Å². The minimum absolute atomic E-state index is 0. The smallest absolute Gasteiger partial charge is 0.166 e. The molecule has 0 radical (unpaired) electrons. The molecule has 76 valence electrons. The molecule has 0 bridgehead atoms. The molecule has 0 amide bonds. The van der Waals surface area contributed by atoms with Crippen molar-refractivity contribution in [2.75, 3.05) is 0 Å². The quantitative estimate of drug-likeness (QED) is 0.793. The van der Waals surface area contributed by atoms with Gasteiger partial charge in [-0.15, -0.1) is 17.0 Å². The zero-order valence-electron chi connectivity index (χ0n) is 7.68. The molecule has 0 aliphatic carbocycles. The van der Waals surface area contributed by atoms with Crippen molar-refractivity contribution in [2.24, 2.45) is 0 Å². The fraction of sp³-hybridized carbons (Fsp3) is 0. The molecular formula is C10H8BrN3O. The van der Waals surface area contributed by atoms with Crippen molar-refractivity contribution in [3.63, 3.8) is 0 Å². The van der Waals surface area contributed by atoms with E-state index < -0.39 is 0 Å². The van der Waals surface area contributed by atoms with E-state index in [4.69, 9.17) is 4.84 Å².